The Morgan fingerprint density at radius 1 is 1.12 bits per heavy atom. The number of nitrogens with zero attached hydrogens (tertiary/aromatic N) is 4. The molecule has 3 N–H and O–H groups in total. The van der Waals surface area contributed by atoms with Crippen LogP contribution < -0.4 is 16.0 Å². The van der Waals surface area contributed by atoms with Crippen molar-refractivity contribution in [2.45, 2.75) is 56.0 Å². The lowest BCUT2D eigenvalue weighted by atomic mass is 9.89. The topological polar surface area (TPSA) is 96.8 Å². The third kappa shape index (κ3) is 2.71. The van der Waals surface area contributed by atoms with E-state index in [1.165, 1.54) is 31.2 Å². The minimum absolute atomic E-state index is 0.0249. The molecule has 3 aromatic heterocycles. The summed E-state index contributed by atoms with van der Waals surface area (Å²) in [5.74, 6) is 2.60. The second-order valence-corrected chi connectivity index (χ2v) is 10.00. The van der Waals surface area contributed by atoms with Gasteiger partial charge >= 0.3 is 0 Å². The smallest absolute Gasteiger partial charge is 0.268 e. The summed E-state index contributed by atoms with van der Waals surface area (Å²) in [6.45, 7) is 1.81. The Morgan fingerprint density at radius 3 is 2.78 bits per heavy atom. The quantitative estimate of drug-likeness (QED) is 0.592. The number of pyridine rings is 1. The van der Waals surface area contributed by atoms with Gasteiger partial charge in [0.1, 0.15) is 17.2 Å². The molecule has 2 aliphatic carbocycles. The summed E-state index contributed by atoms with van der Waals surface area (Å²) in [6, 6.07) is 6.82. The molecule has 7 rings (SSSR count). The average molecular weight is 430 g/mol. The maximum absolute atomic E-state index is 12.5. The number of carbonyl (C=O) groups is 1. The summed E-state index contributed by atoms with van der Waals surface area (Å²) in [5, 5.41) is 10.8. The average Bonchev–Trinajstić information content (AvgIpc) is 3.60. The zero-order valence-electron chi connectivity index (χ0n) is 18.0. The molecule has 8 heteroatoms. The molecule has 164 valence electrons. The van der Waals surface area contributed by atoms with Crippen molar-refractivity contribution in [2.75, 3.05) is 18.4 Å². The number of rotatable bonds is 3. The Labute approximate surface area is 186 Å². The van der Waals surface area contributed by atoms with E-state index in [2.05, 4.69) is 36.6 Å². The lowest BCUT2D eigenvalue weighted by molar-refractivity contribution is 0.0876. The van der Waals surface area contributed by atoms with Gasteiger partial charge in [-0.3, -0.25) is 4.79 Å². The van der Waals surface area contributed by atoms with Crippen LogP contribution >= 0.6 is 0 Å². The van der Waals surface area contributed by atoms with Gasteiger partial charge in [0.2, 0.25) is 5.95 Å². The van der Waals surface area contributed by atoms with Crippen molar-refractivity contribution in [3.8, 4) is 0 Å². The maximum atomic E-state index is 12.5. The Hall–Kier alpha value is -3.00. The Morgan fingerprint density at radius 2 is 2.03 bits per heavy atom. The number of amides is 1. The zero-order valence-corrected chi connectivity index (χ0v) is 18.0. The molecule has 5 heterocycles. The molecule has 1 saturated heterocycles. The fraction of sp³-hybridized carbons (Fsp3) is 0.500. The Bertz CT molecular complexity index is 1210. The molecule has 4 aliphatic rings. The number of anilines is 2. The lowest BCUT2D eigenvalue weighted by Gasteiger charge is -2.37. The first-order valence-electron chi connectivity index (χ1n) is 11.8. The fourth-order valence-corrected chi connectivity index (χ4v) is 6.60. The van der Waals surface area contributed by atoms with Crippen molar-refractivity contribution in [3.05, 3.63) is 41.9 Å². The van der Waals surface area contributed by atoms with E-state index in [4.69, 9.17) is 4.98 Å². The van der Waals surface area contributed by atoms with Crippen molar-refractivity contribution in [3.63, 3.8) is 0 Å². The monoisotopic (exact) mass is 429 g/mol. The van der Waals surface area contributed by atoms with E-state index >= 15 is 0 Å². The molecule has 0 aromatic carbocycles. The Kier molecular flexibility index (Phi) is 3.91. The van der Waals surface area contributed by atoms with Crippen LogP contribution in [0.5, 0.6) is 0 Å². The lowest BCUT2D eigenvalue weighted by Crippen LogP contribution is -2.50. The molecule has 2 aliphatic heterocycles. The van der Waals surface area contributed by atoms with Crippen molar-refractivity contribution < 1.29 is 4.79 Å². The van der Waals surface area contributed by atoms with E-state index in [-0.39, 0.29) is 11.4 Å². The van der Waals surface area contributed by atoms with Crippen LogP contribution in [0.15, 0.2) is 30.6 Å². The highest BCUT2D eigenvalue weighted by molar-refractivity contribution is 5.99. The highest BCUT2D eigenvalue weighted by Crippen LogP contribution is 2.43. The summed E-state index contributed by atoms with van der Waals surface area (Å²) in [5.41, 5.74) is 2.80. The molecule has 2 unspecified atom stereocenters. The molecule has 3 atom stereocenters. The van der Waals surface area contributed by atoms with Crippen LogP contribution in [-0.4, -0.2) is 44.6 Å². The molecule has 8 nitrogen and oxygen atoms in total. The van der Waals surface area contributed by atoms with Crippen LogP contribution in [0.2, 0.25) is 0 Å². The van der Waals surface area contributed by atoms with E-state index in [1.807, 2.05) is 24.5 Å². The third-order valence-electron chi connectivity index (χ3n) is 8.18. The van der Waals surface area contributed by atoms with Crippen LogP contribution in [0.1, 0.15) is 60.5 Å². The molecule has 1 amide bonds. The second kappa shape index (κ2) is 6.75. The predicted octanol–water partition coefficient (Wildman–Crippen LogP) is 3.05. The third-order valence-corrected chi connectivity index (χ3v) is 8.18. The van der Waals surface area contributed by atoms with Crippen molar-refractivity contribution in [2.24, 2.45) is 5.92 Å². The van der Waals surface area contributed by atoms with Crippen molar-refractivity contribution in [1.82, 2.24) is 30.2 Å². The molecular weight excluding hydrogens is 402 g/mol. The molecule has 0 radical (unpaired) electrons. The standard InChI is InChI=1S/C24H27N7O/c32-22-19-8-16-12-27-23(30-21(16)31(19)24(13-28-22)5-1-2-6-24)29-20-4-3-14(10-26-20)18-9-17-7-15(18)11-25-17/h3-4,8,10,12,15,17-18,25H,1-2,5-7,9,11,13H2,(H,28,32)(H,26,27,29,30)/t15-,17?,18?/m1/s1. The minimum atomic E-state index is -0.0635. The van der Waals surface area contributed by atoms with E-state index in [0.717, 1.165) is 42.2 Å². The first-order chi connectivity index (χ1) is 15.7. The first-order valence-corrected chi connectivity index (χ1v) is 11.8. The number of fused-ring (bicyclic) bond motifs is 6. The largest absolute Gasteiger partial charge is 0.348 e. The van der Waals surface area contributed by atoms with E-state index < -0.39 is 0 Å². The van der Waals surface area contributed by atoms with Gasteiger partial charge < -0.3 is 20.5 Å². The highest BCUT2D eigenvalue weighted by atomic mass is 16.2. The van der Waals surface area contributed by atoms with Gasteiger partial charge in [0.15, 0.2) is 0 Å². The number of piperidine rings is 1. The maximum Gasteiger partial charge on any atom is 0.268 e. The Balaban J connectivity index is 1.20. The fourth-order valence-electron chi connectivity index (χ4n) is 6.60. The molecule has 2 saturated carbocycles. The summed E-state index contributed by atoms with van der Waals surface area (Å²) in [6.07, 6.45) is 10.8. The molecular formula is C24H27N7O. The van der Waals surface area contributed by atoms with E-state index in [9.17, 15) is 4.79 Å². The summed E-state index contributed by atoms with van der Waals surface area (Å²) >= 11 is 0. The highest BCUT2D eigenvalue weighted by Gasteiger charge is 2.43. The van der Waals surface area contributed by atoms with Gasteiger partial charge in [0.25, 0.3) is 5.91 Å². The molecule has 3 aromatic rings. The van der Waals surface area contributed by atoms with Crippen LogP contribution in [0.25, 0.3) is 11.0 Å². The second-order valence-electron chi connectivity index (χ2n) is 10.00. The number of aromatic nitrogens is 4. The summed E-state index contributed by atoms with van der Waals surface area (Å²) in [7, 11) is 0. The first kappa shape index (κ1) is 18.6. The van der Waals surface area contributed by atoms with Crippen LogP contribution in [0.4, 0.5) is 11.8 Å². The van der Waals surface area contributed by atoms with Gasteiger partial charge in [-0.25, -0.2) is 9.97 Å². The van der Waals surface area contributed by atoms with Gasteiger partial charge in [0, 0.05) is 30.4 Å². The minimum Gasteiger partial charge on any atom is -0.348 e. The summed E-state index contributed by atoms with van der Waals surface area (Å²) < 4.78 is 2.18. The number of hydrogen-bond acceptors (Lipinski definition) is 6. The number of nitrogens with one attached hydrogen (secondary N) is 3. The van der Waals surface area contributed by atoms with Gasteiger partial charge in [0.05, 0.1) is 5.54 Å². The van der Waals surface area contributed by atoms with E-state index in [1.54, 1.807) is 0 Å². The van der Waals surface area contributed by atoms with Crippen LogP contribution in [-0.2, 0) is 5.54 Å². The van der Waals surface area contributed by atoms with Crippen LogP contribution in [0.3, 0.4) is 0 Å². The van der Waals surface area contributed by atoms with Gasteiger partial charge in [-0.2, -0.15) is 4.98 Å². The molecule has 3 fully saturated rings. The SMILES string of the molecule is O=C1NCC2(CCCC2)n2c1cc1cnc(Nc3ccc(C4CC5C[C@@H]4CN5)cn3)nc12. The number of hydrogen-bond donors (Lipinski definition) is 3. The predicted molar refractivity (Wildman–Crippen MR) is 121 cm³/mol. The van der Waals surface area contributed by atoms with E-state index in [0.29, 0.717) is 30.1 Å². The molecule has 1 spiro atoms. The van der Waals surface area contributed by atoms with Crippen LogP contribution in [0, 0.1) is 5.92 Å². The number of carbonyl (C=O) groups excluding carboxylic acids is 1. The normalized spacial score (nSPS) is 27.8. The zero-order chi connectivity index (χ0) is 21.3. The molecule has 32 heavy (non-hydrogen) atoms. The van der Waals surface area contributed by atoms with Gasteiger partial charge in [-0.05, 0) is 61.8 Å². The summed E-state index contributed by atoms with van der Waals surface area (Å²) in [4.78, 5) is 26.5. The molecule has 2 bridgehead atoms. The van der Waals surface area contributed by atoms with Crippen molar-refractivity contribution >= 4 is 28.7 Å². The van der Waals surface area contributed by atoms with Crippen molar-refractivity contribution in [1.29, 1.82) is 0 Å². The van der Waals surface area contributed by atoms with Gasteiger partial charge in [-0.1, -0.05) is 18.9 Å². The van der Waals surface area contributed by atoms with Gasteiger partial charge in [-0.15, -0.1) is 0 Å².